The molecule has 0 spiro atoms. The van der Waals surface area contributed by atoms with E-state index >= 15 is 0 Å². The van der Waals surface area contributed by atoms with E-state index in [-0.39, 0.29) is 0 Å². The lowest BCUT2D eigenvalue weighted by Gasteiger charge is -2.22. The summed E-state index contributed by atoms with van der Waals surface area (Å²) in [5.74, 6) is 0.667. The normalized spacial score (nSPS) is 22.9. The Kier molecular flexibility index (Phi) is 2.76. The van der Waals surface area contributed by atoms with Gasteiger partial charge >= 0.3 is 0 Å². The number of hydrogen-bond acceptors (Lipinski definition) is 2. The van der Waals surface area contributed by atoms with Crippen LogP contribution in [0.1, 0.15) is 24.3 Å². The molecule has 1 aromatic heterocycles. The van der Waals surface area contributed by atoms with Crippen molar-refractivity contribution in [2.45, 2.75) is 18.8 Å². The standard InChI is InChI=1S/C10H14N2S/c13-10-4-3-9(7-12-10)8-2-1-5-11-6-8/h3-4,7-8,11H,1-2,5-6H2,(H,12,13). The monoisotopic (exact) mass is 194 g/mol. The smallest absolute Gasteiger partial charge is 0.103 e. The summed E-state index contributed by atoms with van der Waals surface area (Å²) in [4.78, 5) is 3.08. The molecule has 1 aromatic rings. The van der Waals surface area contributed by atoms with Crippen LogP contribution in [-0.2, 0) is 0 Å². The zero-order valence-corrected chi connectivity index (χ0v) is 8.36. The minimum atomic E-state index is 0.667. The number of H-pyrrole nitrogens is 1. The molecule has 2 rings (SSSR count). The summed E-state index contributed by atoms with van der Waals surface area (Å²) < 4.78 is 0.813. The van der Waals surface area contributed by atoms with Crippen molar-refractivity contribution in [3.05, 3.63) is 28.5 Å². The molecule has 1 atom stereocenters. The van der Waals surface area contributed by atoms with Crippen LogP contribution in [0.3, 0.4) is 0 Å². The Morgan fingerprint density at radius 2 is 2.31 bits per heavy atom. The zero-order chi connectivity index (χ0) is 9.10. The van der Waals surface area contributed by atoms with Crippen molar-refractivity contribution < 1.29 is 0 Å². The van der Waals surface area contributed by atoms with Crippen LogP contribution in [0.2, 0.25) is 0 Å². The number of pyridine rings is 1. The Labute approximate surface area is 83.4 Å². The molecular weight excluding hydrogens is 180 g/mol. The quantitative estimate of drug-likeness (QED) is 0.671. The largest absolute Gasteiger partial charge is 0.353 e. The van der Waals surface area contributed by atoms with Gasteiger partial charge in [0.25, 0.3) is 0 Å². The molecule has 13 heavy (non-hydrogen) atoms. The average Bonchev–Trinajstić information content (AvgIpc) is 2.20. The molecule has 0 aliphatic carbocycles. The number of aromatic nitrogens is 1. The summed E-state index contributed by atoms with van der Waals surface area (Å²) in [6.07, 6.45) is 4.61. The van der Waals surface area contributed by atoms with Gasteiger partial charge in [-0.2, -0.15) is 0 Å². The molecule has 2 N–H and O–H groups in total. The molecule has 2 heterocycles. The molecule has 1 saturated heterocycles. The molecule has 1 aliphatic rings. The average molecular weight is 194 g/mol. The Balaban J connectivity index is 2.14. The third-order valence-corrected chi connectivity index (χ3v) is 2.83. The van der Waals surface area contributed by atoms with E-state index in [0.717, 1.165) is 11.2 Å². The van der Waals surface area contributed by atoms with Gasteiger partial charge in [0.1, 0.15) is 4.64 Å². The fourth-order valence-corrected chi connectivity index (χ4v) is 1.94. The fourth-order valence-electron chi connectivity index (χ4n) is 1.81. The fraction of sp³-hybridized carbons (Fsp3) is 0.500. The maximum absolute atomic E-state index is 5.00. The summed E-state index contributed by atoms with van der Waals surface area (Å²) >= 11 is 5.00. The first-order chi connectivity index (χ1) is 6.36. The molecular formula is C10H14N2S. The maximum Gasteiger partial charge on any atom is 0.103 e. The predicted octanol–water partition coefficient (Wildman–Crippen LogP) is 2.21. The van der Waals surface area contributed by atoms with E-state index in [0.29, 0.717) is 5.92 Å². The van der Waals surface area contributed by atoms with Gasteiger partial charge in [0.05, 0.1) is 0 Å². The summed E-state index contributed by atoms with van der Waals surface area (Å²) in [6, 6.07) is 4.11. The van der Waals surface area contributed by atoms with Gasteiger partial charge in [-0.3, -0.25) is 0 Å². The molecule has 0 aromatic carbocycles. The van der Waals surface area contributed by atoms with Crippen LogP contribution in [0.5, 0.6) is 0 Å². The number of aromatic amines is 1. The summed E-state index contributed by atoms with van der Waals surface area (Å²) in [6.45, 7) is 2.27. The minimum Gasteiger partial charge on any atom is -0.353 e. The van der Waals surface area contributed by atoms with Crippen LogP contribution in [0, 0.1) is 4.64 Å². The van der Waals surface area contributed by atoms with E-state index in [4.69, 9.17) is 12.2 Å². The van der Waals surface area contributed by atoms with Crippen LogP contribution in [0.4, 0.5) is 0 Å². The van der Waals surface area contributed by atoms with Crippen molar-refractivity contribution in [3.63, 3.8) is 0 Å². The highest BCUT2D eigenvalue weighted by Gasteiger charge is 2.14. The van der Waals surface area contributed by atoms with Gasteiger partial charge in [-0.05, 0) is 36.9 Å². The van der Waals surface area contributed by atoms with Crippen molar-refractivity contribution in [2.24, 2.45) is 0 Å². The van der Waals surface area contributed by atoms with E-state index in [2.05, 4.69) is 16.4 Å². The highest BCUT2D eigenvalue weighted by molar-refractivity contribution is 7.71. The van der Waals surface area contributed by atoms with Crippen LogP contribution >= 0.6 is 12.2 Å². The van der Waals surface area contributed by atoms with E-state index in [1.165, 1.54) is 24.9 Å². The number of rotatable bonds is 1. The summed E-state index contributed by atoms with van der Waals surface area (Å²) in [5.41, 5.74) is 1.38. The maximum atomic E-state index is 5.00. The van der Waals surface area contributed by atoms with Gasteiger partial charge in [-0.15, -0.1) is 0 Å². The van der Waals surface area contributed by atoms with Crippen molar-refractivity contribution in [1.29, 1.82) is 0 Å². The minimum absolute atomic E-state index is 0.667. The Hall–Kier alpha value is -0.670. The highest BCUT2D eigenvalue weighted by Crippen LogP contribution is 2.21. The Morgan fingerprint density at radius 1 is 1.38 bits per heavy atom. The first-order valence-electron chi connectivity index (χ1n) is 4.75. The lowest BCUT2D eigenvalue weighted by Crippen LogP contribution is -2.28. The third kappa shape index (κ3) is 2.17. The first kappa shape index (κ1) is 8.91. The molecule has 70 valence electrons. The summed E-state index contributed by atoms with van der Waals surface area (Å²) in [7, 11) is 0. The van der Waals surface area contributed by atoms with Crippen molar-refractivity contribution in [3.8, 4) is 0 Å². The van der Waals surface area contributed by atoms with E-state index in [1.807, 2.05) is 12.3 Å². The molecule has 1 aliphatic heterocycles. The summed E-state index contributed by atoms with van der Waals surface area (Å²) in [5, 5.41) is 3.41. The Morgan fingerprint density at radius 3 is 2.92 bits per heavy atom. The molecule has 0 radical (unpaired) electrons. The van der Waals surface area contributed by atoms with Crippen molar-refractivity contribution in [2.75, 3.05) is 13.1 Å². The van der Waals surface area contributed by atoms with E-state index < -0.39 is 0 Å². The van der Waals surface area contributed by atoms with Crippen molar-refractivity contribution >= 4 is 12.2 Å². The van der Waals surface area contributed by atoms with Gasteiger partial charge in [0.2, 0.25) is 0 Å². The molecule has 1 unspecified atom stereocenters. The molecule has 3 heteroatoms. The molecule has 2 nitrogen and oxygen atoms in total. The van der Waals surface area contributed by atoms with Crippen LogP contribution in [0.25, 0.3) is 0 Å². The number of nitrogens with one attached hydrogen (secondary N) is 2. The molecule has 1 fully saturated rings. The van der Waals surface area contributed by atoms with E-state index in [9.17, 15) is 0 Å². The van der Waals surface area contributed by atoms with Crippen molar-refractivity contribution in [1.82, 2.24) is 10.3 Å². The molecule has 0 bridgehead atoms. The number of hydrogen-bond donors (Lipinski definition) is 2. The van der Waals surface area contributed by atoms with E-state index in [1.54, 1.807) is 0 Å². The molecule has 0 amide bonds. The second kappa shape index (κ2) is 4.03. The predicted molar refractivity (Wildman–Crippen MR) is 56.5 cm³/mol. The zero-order valence-electron chi connectivity index (χ0n) is 7.55. The number of piperidine rings is 1. The first-order valence-corrected chi connectivity index (χ1v) is 5.16. The third-order valence-electron chi connectivity index (χ3n) is 2.58. The SMILES string of the molecule is S=c1ccc(C2CCCNC2)c[nH]1. The second-order valence-electron chi connectivity index (χ2n) is 3.53. The lowest BCUT2D eigenvalue weighted by atomic mass is 9.93. The van der Waals surface area contributed by atoms with Crippen LogP contribution in [0.15, 0.2) is 18.3 Å². The topological polar surface area (TPSA) is 27.8 Å². The van der Waals surface area contributed by atoms with Gasteiger partial charge in [-0.1, -0.05) is 18.3 Å². The van der Waals surface area contributed by atoms with Gasteiger partial charge in [0.15, 0.2) is 0 Å². The highest BCUT2D eigenvalue weighted by atomic mass is 32.1. The van der Waals surface area contributed by atoms with Crippen LogP contribution in [-0.4, -0.2) is 18.1 Å². The van der Waals surface area contributed by atoms with Gasteiger partial charge < -0.3 is 10.3 Å². The van der Waals surface area contributed by atoms with Gasteiger partial charge in [-0.25, -0.2) is 0 Å². The second-order valence-corrected chi connectivity index (χ2v) is 3.97. The van der Waals surface area contributed by atoms with Gasteiger partial charge in [0, 0.05) is 12.7 Å². The molecule has 0 saturated carbocycles. The van der Waals surface area contributed by atoms with Crippen LogP contribution < -0.4 is 5.32 Å². The lowest BCUT2D eigenvalue weighted by molar-refractivity contribution is 0.461. The Bertz CT molecular complexity index is 305.